The Labute approximate surface area is 131 Å². The van der Waals surface area contributed by atoms with Gasteiger partial charge in [-0.2, -0.15) is 5.26 Å². The van der Waals surface area contributed by atoms with Crippen LogP contribution in [-0.2, 0) is 14.3 Å². The number of nitriles is 1. The summed E-state index contributed by atoms with van der Waals surface area (Å²) >= 11 is 0. The molecule has 1 N–H and O–H groups in total. The molecule has 0 bridgehead atoms. The molecular formula is C16H25N3O3. The normalized spacial score (nSPS) is 24.9. The summed E-state index contributed by atoms with van der Waals surface area (Å²) in [4.78, 5) is 26.0. The molecule has 1 saturated heterocycles. The Balaban J connectivity index is 1.83. The van der Waals surface area contributed by atoms with Crippen LogP contribution in [0, 0.1) is 23.2 Å². The average Bonchev–Trinajstić information content (AvgIpc) is 3.32. The van der Waals surface area contributed by atoms with Crippen molar-refractivity contribution >= 4 is 11.9 Å². The Kier molecular flexibility index (Phi) is 5.41. The van der Waals surface area contributed by atoms with Gasteiger partial charge in [0, 0.05) is 6.54 Å². The molecule has 6 heteroatoms. The zero-order valence-electron chi connectivity index (χ0n) is 13.4. The zero-order chi connectivity index (χ0) is 16.2. The SMILES string of the molecule is CCOC(=O)C1CCCN(CC(=O)NC(C)(C#N)C2CC2)C1. The van der Waals surface area contributed by atoms with Crippen LogP contribution in [0.1, 0.15) is 39.5 Å². The summed E-state index contributed by atoms with van der Waals surface area (Å²) in [7, 11) is 0. The highest BCUT2D eigenvalue weighted by molar-refractivity contribution is 5.79. The van der Waals surface area contributed by atoms with Crippen molar-refractivity contribution in [2.45, 2.75) is 45.1 Å². The molecule has 1 aliphatic carbocycles. The number of nitrogens with zero attached hydrogens (tertiary/aromatic N) is 2. The Morgan fingerprint density at radius 3 is 2.73 bits per heavy atom. The van der Waals surface area contributed by atoms with Gasteiger partial charge >= 0.3 is 5.97 Å². The van der Waals surface area contributed by atoms with Crippen LogP contribution in [0.4, 0.5) is 0 Å². The van der Waals surface area contributed by atoms with Crippen molar-refractivity contribution in [1.82, 2.24) is 10.2 Å². The fourth-order valence-electron chi connectivity index (χ4n) is 3.07. The van der Waals surface area contributed by atoms with Crippen LogP contribution in [0.15, 0.2) is 0 Å². The molecule has 2 rings (SSSR count). The number of hydrogen-bond acceptors (Lipinski definition) is 5. The molecule has 2 unspecified atom stereocenters. The Hall–Kier alpha value is -1.61. The molecule has 0 spiro atoms. The first kappa shape index (κ1) is 16.8. The second-order valence-electron chi connectivity index (χ2n) is 6.46. The maximum atomic E-state index is 12.2. The van der Waals surface area contributed by atoms with Crippen molar-refractivity contribution in [3.05, 3.63) is 0 Å². The van der Waals surface area contributed by atoms with Crippen molar-refractivity contribution in [2.75, 3.05) is 26.2 Å². The summed E-state index contributed by atoms with van der Waals surface area (Å²) in [5, 5.41) is 12.1. The maximum Gasteiger partial charge on any atom is 0.310 e. The number of likely N-dealkylation sites (tertiary alicyclic amines) is 1. The van der Waals surface area contributed by atoms with Crippen molar-refractivity contribution in [1.29, 1.82) is 5.26 Å². The van der Waals surface area contributed by atoms with E-state index in [1.165, 1.54) is 0 Å². The quantitative estimate of drug-likeness (QED) is 0.742. The minimum atomic E-state index is -0.757. The van der Waals surface area contributed by atoms with Crippen LogP contribution in [-0.4, -0.2) is 48.6 Å². The first-order valence-electron chi connectivity index (χ1n) is 8.09. The maximum absolute atomic E-state index is 12.2. The molecule has 2 fully saturated rings. The number of carbonyl (C=O) groups is 2. The van der Waals surface area contributed by atoms with Crippen LogP contribution in [0.25, 0.3) is 0 Å². The van der Waals surface area contributed by atoms with E-state index < -0.39 is 5.54 Å². The number of piperidine rings is 1. The summed E-state index contributed by atoms with van der Waals surface area (Å²) < 4.78 is 5.06. The van der Waals surface area contributed by atoms with E-state index in [1.54, 1.807) is 13.8 Å². The molecule has 1 heterocycles. The molecule has 122 valence electrons. The van der Waals surface area contributed by atoms with Gasteiger partial charge in [-0.25, -0.2) is 0 Å². The standard InChI is InChI=1S/C16H25N3O3/c1-3-22-15(21)12-5-4-8-19(9-12)10-14(20)18-16(2,11-17)13-6-7-13/h12-13H,3-10H2,1-2H3,(H,18,20). The van der Waals surface area contributed by atoms with Crippen molar-refractivity contribution in [2.24, 2.45) is 11.8 Å². The van der Waals surface area contributed by atoms with Crippen LogP contribution < -0.4 is 5.32 Å². The van der Waals surface area contributed by atoms with Crippen LogP contribution in [0.3, 0.4) is 0 Å². The van der Waals surface area contributed by atoms with Gasteiger partial charge in [-0.15, -0.1) is 0 Å². The van der Waals surface area contributed by atoms with Gasteiger partial charge in [-0.05, 0) is 52.0 Å². The molecule has 1 aliphatic heterocycles. The number of esters is 1. The number of amides is 1. The predicted octanol–water partition coefficient (Wildman–Crippen LogP) is 1.07. The lowest BCUT2D eigenvalue weighted by atomic mass is 9.97. The minimum absolute atomic E-state index is 0.138. The van der Waals surface area contributed by atoms with E-state index in [0.29, 0.717) is 13.2 Å². The van der Waals surface area contributed by atoms with Gasteiger partial charge < -0.3 is 10.1 Å². The van der Waals surface area contributed by atoms with Crippen molar-refractivity contribution in [3.8, 4) is 6.07 Å². The number of carbonyl (C=O) groups excluding carboxylic acids is 2. The Bertz CT molecular complexity index is 470. The van der Waals surface area contributed by atoms with Crippen LogP contribution >= 0.6 is 0 Å². The Morgan fingerprint density at radius 2 is 2.14 bits per heavy atom. The predicted molar refractivity (Wildman–Crippen MR) is 80.7 cm³/mol. The van der Waals surface area contributed by atoms with Gasteiger partial charge in [0.05, 0.1) is 25.1 Å². The lowest BCUT2D eigenvalue weighted by molar-refractivity contribution is -0.150. The minimum Gasteiger partial charge on any atom is -0.466 e. The number of rotatable bonds is 6. The van der Waals surface area contributed by atoms with Crippen LogP contribution in [0.2, 0.25) is 0 Å². The van der Waals surface area contributed by atoms with Gasteiger partial charge in [0.25, 0.3) is 0 Å². The number of nitrogens with one attached hydrogen (secondary N) is 1. The zero-order valence-corrected chi connectivity index (χ0v) is 13.4. The molecule has 1 saturated carbocycles. The van der Waals surface area contributed by atoms with Gasteiger partial charge in [-0.3, -0.25) is 14.5 Å². The van der Waals surface area contributed by atoms with Crippen molar-refractivity contribution < 1.29 is 14.3 Å². The molecule has 0 aromatic carbocycles. The van der Waals surface area contributed by atoms with E-state index in [-0.39, 0.29) is 30.3 Å². The van der Waals surface area contributed by atoms with Gasteiger partial charge in [0.1, 0.15) is 5.54 Å². The first-order valence-corrected chi connectivity index (χ1v) is 8.09. The fourth-order valence-corrected chi connectivity index (χ4v) is 3.07. The topological polar surface area (TPSA) is 82.4 Å². The van der Waals surface area contributed by atoms with E-state index >= 15 is 0 Å². The summed E-state index contributed by atoms with van der Waals surface area (Å²) in [5.74, 6) is -0.185. The highest BCUT2D eigenvalue weighted by Crippen LogP contribution is 2.39. The van der Waals surface area contributed by atoms with E-state index in [2.05, 4.69) is 11.4 Å². The largest absolute Gasteiger partial charge is 0.466 e. The number of ether oxygens (including phenoxy) is 1. The van der Waals surface area contributed by atoms with Crippen molar-refractivity contribution in [3.63, 3.8) is 0 Å². The highest BCUT2D eigenvalue weighted by Gasteiger charge is 2.43. The molecule has 0 radical (unpaired) electrons. The second kappa shape index (κ2) is 7.10. The van der Waals surface area contributed by atoms with Crippen LogP contribution in [0.5, 0.6) is 0 Å². The monoisotopic (exact) mass is 307 g/mol. The second-order valence-corrected chi connectivity index (χ2v) is 6.46. The molecule has 0 aromatic rings. The van der Waals surface area contributed by atoms with Gasteiger partial charge in [0.2, 0.25) is 5.91 Å². The van der Waals surface area contributed by atoms with Gasteiger partial charge in [0.15, 0.2) is 0 Å². The lowest BCUT2D eigenvalue weighted by Crippen LogP contribution is -2.51. The summed E-state index contributed by atoms with van der Waals surface area (Å²) in [5.41, 5.74) is -0.757. The average molecular weight is 307 g/mol. The third kappa shape index (κ3) is 4.20. The smallest absolute Gasteiger partial charge is 0.310 e. The third-order valence-electron chi connectivity index (χ3n) is 4.52. The molecule has 22 heavy (non-hydrogen) atoms. The molecule has 2 aliphatic rings. The fraction of sp³-hybridized carbons (Fsp3) is 0.812. The first-order chi connectivity index (χ1) is 10.5. The molecule has 6 nitrogen and oxygen atoms in total. The third-order valence-corrected chi connectivity index (χ3v) is 4.52. The summed E-state index contributed by atoms with van der Waals surface area (Å²) in [6, 6.07) is 2.23. The van der Waals surface area contributed by atoms with E-state index in [4.69, 9.17) is 4.74 Å². The molecule has 0 aromatic heterocycles. The Morgan fingerprint density at radius 1 is 1.41 bits per heavy atom. The molecular weight excluding hydrogens is 282 g/mol. The summed E-state index contributed by atoms with van der Waals surface area (Å²) in [6.07, 6.45) is 3.70. The molecule has 1 amide bonds. The summed E-state index contributed by atoms with van der Waals surface area (Å²) in [6.45, 7) is 5.57. The van der Waals surface area contributed by atoms with E-state index in [0.717, 1.165) is 32.2 Å². The van der Waals surface area contributed by atoms with Gasteiger partial charge in [-0.1, -0.05) is 0 Å². The molecule has 2 atom stereocenters. The van der Waals surface area contributed by atoms with E-state index in [9.17, 15) is 14.9 Å². The highest BCUT2D eigenvalue weighted by atomic mass is 16.5. The lowest BCUT2D eigenvalue weighted by Gasteiger charge is -2.32. The van der Waals surface area contributed by atoms with E-state index in [1.807, 2.05) is 4.90 Å². The number of hydrogen-bond donors (Lipinski definition) is 1.